The third-order valence-electron chi connectivity index (χ3n) is 7.92. The van der Waals surface area contributed by atoms with Crippen molar-refractivity contribution in [2.45, 2.75) is 69.4 Å². The predicted molar refractivity (Wildman–Crippen MR) is 111 cm³/mol. The summed E-state index contributed by atoms with van der Waals surface area (Å²) >= 11 is 0. The molecule has 1 saturated carbocycles. The van der Waals surface area contributed by atoms with Gasteiger partial charge in [-0.3, -0.25) is 4.90 Å². The van der Waals surface area contributed by atoms with Crippen molar-refractivity contribution < 1.29 is 9.47 Å². The van der Waals surface area contributed by atoms with Crippen molar-refractivity contribution in [3.05, 3.63) is 29.3 Å². The van der Waals surface area contributed by atoms with Gasteiger partial charge in [-0.15, -0.1) is 12.4 Å². The summed E-state index contributed by atoms with van der Waals surface area (Å²) < 4.78 is 12.0. The molecule has 2 heterocycles. The third kappa shape index (κ3) is 3.10. The van der Waals surface area contributed by atoms with Gasteiger partial charge in [-0.2, -0.15) is 0 Å². The standard InChI is InChI=1S/C23H33NO2.ClH/c1-22(2)13-20-21-11-17-7-8-18(25-3)12-19(17)23(20,15-26-22)9-10-24(21)14-16-5-4-6-16;/h7-8,12,16,20-21H,4-6,9-11,13-15H2,1-3H3;1H/t20-,21+,23+;/m0./s1. The molecular formula is C23H34ClNO2. The highest BCUT2D eigenvalue weighted by Gasteiger charge is 2.57. The van der Waals surface area contributed by atoms with Gasteiger partial charge < -0.3 is 9.47 Å². The lowest BCUT2D eigenvalue weighted by Crippen LogP contribution is -2.66. The Hall–Kier alpha value is -0.770. The number of piperidine rings is 1. The van der Waals surface area contributed by atoms with Crippen molar-refractivity contribution in [2.24, 2.45) is 11.8 Å². The van der Waals surface area contributed by atoms with Crippen LogP contribution in [0.2, 0.25) is 0 Å². The minimum Gasteiger partial charge on any atom is -0.497 e. The van der Waals surface area contributed by atoms with E-state index in [0.29, 0.717) is 12.0 Å². The maximum absolute atomic E-state index is 6.43. The normalized spacial score (nSPS) is 34.6. The van der Waals surface area contributed by atoms with E-state index in [1.54, 1.807) is 7.11 Å². The molecule has 2 aliphatic carbocycles. The highest BCUT2D eigenvalue weighted by Crippen LogP contribution is 2.55. The Labute approximate surface area is 170 Å². The summed E-state index contributed by atoms with van der Waals surface area (Å²) in [5.41, 5.74) is 3.26. The van der Waals surface area contributed by atoms with Gasteiger partial charge in [0, 0.05) is 18.0 Å². The fourth-order valence-corrected chi connectivity index (χ4v) is 6.21. The second-order valence-corrected chi connectivity index (χ2v) is 9.85. The largest absolute Gasteiger partial charge is 0.497 e. The Morgan fingerprint density at radius 3 is 2.78 bits per heavy atom. The Balaban J connectivity index is 0.00000180. The maximum atomic E-state index is 6.43. The van der Waals surface area contributed by atoms with E-state index in [1.165, 1.54) is 62.7 Å². The third-order valence-corrected chi connectivity index (χ3v) is 7.92. The molecule has 150 valence electrons. The Bertz CT molecular complexity index is 702. The number of likely N-dealkylation sites (tertiary alicyclic amines) is 1. The Morgan fingerprint density at radius 2 is 2.07 bits per heavy atom. The van der Waals surface area contributed by atoms with Gasteiger partial charge >= 0.3 is 0 Å². The molecule has 0 unspecified atom stereocenters. The lowest BCUT2D eigenvalue weighted by Gasteiger charge is -2.61. The summed E-state index contributed by atoms with van der Waals surface area (Å²) in [5.74, 6) is 2.66. The topological polar surface area (TPSA) is 21.7 Å². The molecule has 2 bridgehead atoms. The van der Waals surface area contributed by atoms with Crippen molar-refractivity contribution in [2.75, 3.05) is 26.8 Å². The molecule has 0 radical (unpaired) electrons. The minimum atomic E-state index is 0. The maximum Gasteiger partial charge on any atom is 0.119 e. The zero-order valence-corrected chi connectivity index (χ0v) is 17.8. The van der Waals surface area contributed by atoms with E-state index in [1.807, 2.05) is 0 Å². The van der Waals surface area contributed by atoms with Crippen LogP contribution >= 0.6 is 12.4 Å². The number of hydrogen-bond donors (Lipinski definition) is 0. The fourth-order valence-electron chi connectivity index (χ4n) is 6.21. The van der Waals surface area contributed by atoms with Crippen LogP contribution in [0.1, 0.15) is 57.1 Å². The van der Waals surface area contributed by atoms with Gasteiger partial charge in [0.1, 0.15) is 5.75 Å². The average molecular weight is 392 g/mol. The molecule has 0 spiro atoms. The van der Waals surface area contributed by atoms with Crippen molar-refractivity contribution >= 4 is 12.4 Å². The van der Waals surface area contributed by atoms with Gasteiger partial charge in [-0.05, 0) is 87.6 Å². The number of benzene rings is 1. The molecule has 2 aliphatic heterocycles. The highest BCUT2D eigenvalue weighted by molar-refractivity contribution is 5.85. The van der Waals surface area contributed by atoms with Crippen molar-refractivity contribution in [3.63, 3.8) is 0 Å². The first-order valence-corrected chi connectivity index (χ1v) is 10.6. The lowest BCUT2D eigenvalue weighted by molar-refractivity contribution is -0.157. The number of rotatable bonds is 3. The second kappa shape index (κ2) is 6.93. The van der Waals surface area contributed by atoms with Gasteiger partial charge in [0.2, 0.25) is 0 Å². The van der Waals surface area contributed by atoms with Crippen molar-refractivity contribution in [1.82, 2.24) is 4.90 Å². The van der Waals surface area contributed by atoms with Crippen LogP contribution < -0.4 is 4.74 Å². The zero-order valence-electron chi connectivity index (χ0n) is 17.0. The molecule has 2 saturated heterocycles. The van der Waals surface area contributed by atoms with Gasteiger partial charge in [0.05, 0.1) is 19.3 Å². The molecule has 1 aromatic rings. The van der Waals surface area contributed by atoms with E-state index in [0.717, 1.165) is 18.3 Å². The first-order valence-electron chi connectivity index (χ1n) is 10.6. The fraction of sp³-hybridized carbons (Fsp3) is 0.739. The van der Waals surface area contributed by atoms with Crippen LogP contribution in [0.5, 0.6) is 5.75 Å². The van der Waals surface area contributed by atoms with Crippen LogP contribution in [0.15, 0.2) is 18.2 Å². The quantitative estimate of drug-likeness (QED) is 0.751. The summed E-state index contributed by atoms with van der Waals surface area (Å²) in [7, 11) is 1.78. The molecule has 3 fully saturated rings. The molecule has 4 heteroatoms. The van der Waals surface area contributed by atoms with Crippen LogP contribution in [-0.4, -0.2) is 43.3 Å². The predicted octanol–water partition coefficient (Wildman–Crippen LogP) is 4.60. The van der Waals surface area contributed by atoms with E-state index < -0.39 is 0 Å². The first-order chi connectivity index (χ1) is 12.5. The number of hydrogen-bond acceptors (Lipinski definition) is 3. The average Bonchev–Trinajstić information content (AvgIpc) is 2.58. The van der Waals surface area contributed by atoms with Gasteiger partial charge in [-0.25, -0.2) is 0 Å². The molecule has 1 aromatic carbocycles. The number of methoxy groups -OCH3 is 1. The molecule has 3 atom stereocenters. The molecular weight excluding hydrogens is 358 g/mol. The van der Waals surface area contributed by atoms with Gasteiger partial charge in [0.25, 0.3) is 0 Å². The molecule has 4 aliphatic rings. The summed E-state index contributed by atoms with van der Waals surface area (Å²) in [4.78, 5) is 2.86. The highest BCUT2D eigenvalue weighted by atomic mass is 35.5. The SMILES string of the molecule is COc1ccc2c(c1)[C@]13CCN(CC4CCC4)[C@H](C2)[C@@H]1CC(C)(C)OC3.Cl. The Morgan fingerprint density at radius 1 is 1.26 bits per heavy atom. The monoisotopic (exact) mass is 391 g/mol. The van der Waals surface area contributed by atoms with Crippen LogP contribution in [-0.2, 0) is 16.6 Å². The van der Waals surface area contributed by atoms with E-state index in [4.69, 9.17) is 9.47 Å². The van der Waals surface area contributed by atoms with E-state index in [2.05, 4.69) is 36.9 Å². The van der Waals surface area contributed by atoms with E-state index in [-0.39, 0.29) is 23.4 Å². The van der Waals surface area contributed by atoms with Gasteiger partial charge in [-0.1, -0.05) is 12.5 Å². The Kier molecular flexibility index (Phi) is 5.02. The smallest absolute Gasteiger partial charge is 0.119 e. The molecule has 27 heavy (non-hydrogen) atoms. The van der Waals surface area contributed by atoms with Crippen LogP contribution in [0.4, 0.5) is 0 Å². The molecule has 0 amide bonds. The second-order valence-electron chi connectivity index (χ2n) is 9.85. The lowest BCUT2D eigenvalue weighted by atomic mass is 9.54. The number of fused-ring (bicyclic) bond motifs is 1. The van der Waals surface area contributed by atoms with Crippen molar-refractivity contribution in [3.8, 4) is 5.75 Å². The zero-order chi connectivity index (χ0) is 17.9. The van der Waals surface area contributed by atoms with Crippen LogP contribution in [0, 0.1) is 11.8 Å². The summed E-state index contributed by atoms with van der Waals surface area (Å²) in [5, 5.41) is 0. The molecule has 3 nitrogen and oxygen atoms in total. The summed E-state index contributed by atoms with van der Waals surface area (Å²) in [6, 6.07) is 7.48. The number of halogens is 1. The van der Waals surface area contributed by atoms with Crippen molar-refractivity contribution in [1.29, 1.82) is 0 Å². The van der Waals surface area contributed by atoms with E-state index in [9.17, 15) is 0 Å². The number of nitrogens with zero attached hydrogens (tertiary/aromatic N) is 1. The minimum absolute atomic E-state index is 0. The first kappa shape index (κ1) is 19.5. The van der Waals surface area contributed by atoms with Gasteiger partial charge in [0.15, 0.2) is 0 Å². The number of ether oxygens (including phenoxy) is 2. The molecule has 0 N–H and O–H groups in total. The molecule has 5 rings (SSSR count). The van der Waals surface area contributed by atoms with E-state index >= 15 is 0 Å². The molecule has 0 aromatic heterocycles. The van der Waals surface area contributed by atoms with Crippen LogP contribution in [0.3, 0.4) is 0 Å². The summed E-state index contributed by atoms with van der Waals surface area (Å²) in [6.07, 6.45) is 7.95. The van der Waals surface area contributed by atoms with Crippen LogP contribution in [0.25, 0.3) is 0 Å². The summed E-state index contributed by atoms with van der Waals surface area (Å²) in [6.45, 7) is 8.00.